The van der Waals surface area contributed by atoms with Crippen LogP contribution in [0, 0.1) is 0 Å². The summed E-state index contributed by atoms with van der Waals surface area (Å²) >= 11 is 0. The van der Waals surface area contributed by atoms with Crippen LogP contribution >= 0.6 is 0 Å². The minimum absolute atomic E-state index is 0.177. The van der Waals surface area contributed by atoms with E-state index in [1.54, 1.807) is 0 Å². The summed E-state index contributed by atoms with van der Waals surface area (Å²) in [5.74, 6) is -2.04. The van der Waals surface area contributed by atoms with Gasteiger partial charge in [-0.1, -0.05) is 307 Å². The van der Waals surface area contributed by atoms with E-state index in [0.717, 1.165) is 135 Å². The van der Waals surface area contributed by atoms with Crippen LogP contribution in [0.5, 0.6) is 0 Å². The lowest BCUT2D eigenvalue weighted by atomic mass is 10.0. The van der Waals surface area contributed by atoms with Crippen molar-refractivity contribution < 1.29 is 42.9 Å². The molecule has 0 aliphatic carbocycles. The number of carbonyl (C=O) groups is 3. The summed E-state index contributed by atoms with van der Waals surface area (Å²) in [4.78, 5) is 37.7. The highest BCUT2D eigenvalue weighted by Gasteiger charge is 2.25. The van der Waals surface area contributed by atoms with E-state index < -0.39 is 24.3 Å². The summed E-state index contributed by atoms with van der Waals surface area (Å²) in [5.41, 5.74) is 0. The molecule has 0 saturated carbocycles. The number of likely N-dealkylation sites (N-methyl/N-ethyl adjacent to an activating group) is 1. The molecule has 0 bridgehead atoms. The Morgan fingerprint density at radius 3 is 0.879 bits per heavy atom. The molecule has 0 heterocycles. The summed E-state index contributed by atoms with van der Waals surface area (Å²) in [5, 5.41) is 9.76. The zero-order valence-electron chi connectivity index (χ0n) is 58.9. The number of carboxylic acids is 1. The second kappa shape index (κ2) is 70.8. The molecule has 0 spiro atoms. The van der Waals surface area contributed by atoms with Gasteiger partial charge in [0.2, 0.25) is 0 Å². The lowest BCUT2D eigenvalue weighted by Crippen LogP contribution is -2.40. The topological polar surface area (TPSA) is 108 Å². The minimum Gasteiger partial charge on any atom is -0.477 e. The molecular weight excluding hydrogens is 1130 g/mol. The lowest BCUT2D eigenvalue weighted by Gasteiger charge is -2.25. The van der Waals surface area contributed by atoms with Gasteiger partial charge < -0.3 is 28.5 Å². The Morgan fingerprint density at radius 2 is 0.593 bits per heavy atom. The molecule has 2 unspecified atom stereocenters. The highest BCUT2D eigenvalue weighted by Crippen LogP contribution is 2.17. The van der Waals surface area contributed by atoms with Gasteiger partial charge in [0.1, 0.15) is 13.2 Å². The first-order valence-corrected chi connectivity index (χ1v) is 36.6. The molecule has 516 valence electrons. The molecule has 91 heavy (non-hydrogen) atoms. The number of unbranched alkanes of at least 4 members (excludes halogenated alkanes) is 25. The first-order valence-electron chi connectivity index (χ1n) is 36.6. The standard InChI is InChI=1S/C82H135NO8/c1-6-8-10-12-14-16-18-20-22-24-26-28-30-32-34-36-38-40-42-44-46-48-50-52-54-56-58-60-62-64-66-68-70-72-79(84)89-76-78(77-90-82(81(86)87)88-75-74-83(3,4)5)91-80(85)73-71-69-67-65-63-61-59-57-55-53-51-49-47-45-43-41-39-37-35-33-31-29-27-25-23-21-19-17-15-13-11-9-7-2/h8-11,14-17,20-23,26-29,33,35,39,41,45,47,51,53,57,59,78,82H,6-7,12-13,18-19,24-25,30-32,34,36-38,40,42-44,46,48-50,52,54-56,58,60-77H2,1-5H3/p+1/b10-8-,11-9-,16-14-,17-15-,22-20-,23-21-,28-26-,29-27-,35-33-,41-39-,47-45-,53-51-,59-57-. The van der Waals surface area contributed by atoms with Crippen LogP contribution in [0.3, 0.4) is 0 Å². The molecule has 0 aliphatic rings. The maximum absolute atomic E-state index is 13.0. The molecule has 0 aromatic carbocycles. The smallest absolute Gasteiger partial charge is 0.361 e. The molecule has 9 nitrogen and oxygen atoms in total. The van der Waals surface area contributed by atoms with Crippen LogP contribution in [-0.4, -0.2) is 87.4 Å². The average Bonchev–Trinajstić information content (AvgIpc) is 3.46. The average molecular weight is 1260 g/mol. The number of rotatable bonds is 66. The van der Waals surface area contributed by atoms with Crippen molar-refractivity contribution in [3.05, 3.63) is 158 Å². The second-order valence-corrected chi connectivity index (χ2v) is 25.1. The van der Waals surface area contributed by atoms with Crippen LogP contribution in [-0.2, 0) is 33.3 Å². The van der Waals surface area contributed by atoms with E-state index in [0.29, 0.717) is 23.9 Å². The van der Waals surface area contributed by atoms with E-state index in [4.69, 9.17) is 18.9 Å². The third-order valence-electron chi connectivity index (χ3n) is 15.3. The Morgan fingerprint density at radius 1 is 0.330 bits per heavy atom. The second-order valence-electron chi connectivity index (χ2n) is 25.1. The maximum atomic E-state index is 13.0. The highest BCUT2D eigenvalue weighted by atomic mass is 16.7. The molecule has 0 aliphatic heterocycles. The SMILES string of the molecule is CC/C=C\C/C=C\C/C=C\C/C=C\C/C=C\C/C=C\C/C=C\C/C=C\C/C=C\CCCCCCCC(=O)OC(COC(=O)CCCCCCCCCCCCCCCCCCCCCC/C=C\C/C=C\C/C=C\C/C=C\CC)COC(OCC[N+](C)(C)C)C(=O)O. The van der Waals surface area contributed by atoms with Gasteiger partial charge in [-0.3, -0.25) is 9.59 Å². The van der Waals surface area contributed by atoms with E-state index in [9.17, 15) is 19.5 Å². The quantitative estimate of drug-likeness (QED) is 0.0211. The zero-order valence-corrected chi connectivity index (χ0v) is 58.9. The van der Waals surface area contributed by atoms with Gasteiger partial charge in [0, 0.05) is 12.8 Å². The molecule has 0 aromatic rings. The molecule has 0 saturated heterocycles. The van der Waals surface area contributed by atoms with Crippen molar-refractivity contribution in [2.24, 2.45) is 0 Å². The number of aliphatic carboxylic acids is 1. The Hall–Kier alpha value is -5.09. The lowest BCUT2D eigenvalue weighted by molar-refractivity contribution is -0.870. The Kier molecular flexibility index (Phi) is 66.8. The van der Waals surface area contributed by atoms with Crippen LogP contribution in [0.15, 0.2) is 158 Å². The Bertz CT molecular complexity index is 2060. The highest BCUT2D eigenvalue weighted by molar-refractivity contribution is 5.71. The molecule has 1 N–H and O–H groups in total. The van der Waals surface area contributed by atoms with Crippen LogP contribution < -0.4 is 0 Å². The molecule has 0 amide bonds. The first-order chi connectivity index (χ1) is 44.6. The summed E-state index contributed by atoms with van der Waals surface area (Å²) in [6.45, 7) is 4.63. The third-order valence-corrected chi connectivity index (χ3v) is 15.3. The van der Waals surface area contributed by atoms with Crippen molar-refractivity contribution in [3.63, 3.8) is 0 Å². The van der Waals surface area contributed by atoms with Crippen LogP contribution in [0.2, 0.25) is 0 Å². The molecule has 2 atom stereocenters. The van der Waals surface area contributed by atoms with Gasteiger partial charge in [0.15, 0.2) is 6.10 Å². The molecule has 0 aromatic heterocycles. The van der Waals surface area contributed by atoms with Crippen molar-refractivity contribution in [2.75, 3.05) is 47.5 Å². The van der Waals surface area contributed by atoms with E-state index in [-0.39, 0.29) is 32.2 Å². The van der Waals surface area contributed by atoms with Crippen molar-refractivity contribution >= 4 is 17.9 Å². The fraction of sp³-hybridized carbons (Fsp3) is 0.646. The number of quaternary nitrogens is 1. The number of hydrogen-bond donors (Lipinski definition) is 1. The Balaban J connectivity index is 4.16. The maximum Gasteiger partial charge on any atom is 0.361 e. The minimum atomic E-state index is -1.53. The molecule has 9 heteroatoms. The van der Waals surface area contributed by atoms with E-state index in [1.807, 2.05) is 21.1 Å². The predicted molar refractivity (Wildman–Crippen MR) is 391 cm³/mol. The first kappa shape index (κ1) is 85.9. The van der Waals surface area contributed by atoms with Crippen LogP contribution in [0.1, 0.15) is 284 Å². The van der Waals surface area contributed by atoms with Crippen LogP contribution in [0.25, 0.3) is 0 Å². The normalized spacial score (nSPS) is 13.6. The predicted octanol–water partition coefficient (Wildman–Crippen LogP) is 23.2. The summed E-state index contributed by atoms with van der Waals surface area (Å²) < 4.78 is 23.0. The van der Waals surface area contributed by atoms with E-state index in [1.165, 1.54) is 116 Å². The number of carbonyl (C=O) groups excluding carboxylic acids is 2. The summed E-state index contributed by atoms with van der Waals surface area (Å²) in [6.07, 6.45) is 102. The number of carboxylic acid groups (broad SMARTS) is 1. The van der Waals surface area contributed by atoms with Gasteiger partial charge in [-0.05, 0) is 122 Å². The van der Waals surface area contributed by atoms with Gasteiger partial charge >= 0.3 is 17.9 Å². The van der Waals surface area contributed by atoms with Crippen LogP contribution in [0.4, 0.5) is 0 Å². The fourth-order valence-electron chi connectivity index (χ4n) is 9.76. The van der Waals surface area contributed by atoms with E-state index >= 15 is 0 Å². The van der Waals surface area contributed by atoms with Crippen molar-refractivity contribution in [3.8, 4) is 0 Å². The van der Waals surface area contributed by atoms with Gasteiger partial charge in [-0.25, -0.2) is 4.79 Å². The molecule has 0 radical (unpaired) electrons. The number of nitrogens with zero attached hydrogens (tertiary/aromatic N) is 1. The van der Waals surface area contributed by atoms with Gasteiger partial charge in [0.05, 0.1) is 34.4 Å². The fourth-order valence-corrected chi connectivity index (χ4v) is 9.76. The zero-order chi connectivity index (χ0) is 66.1. The number of allylic oxidation sites excluding steroid dienone is 26. The van der Waals surface area contributed by atoms with Gasteiger partial charge in [-0.2, -0.15) is 0 Å². The Labute approximate surface area is 559 Å². The largest absolute Gasteiger partial charge is 0.477 e. The van der Waals surface area contributed by atoms with E-state index in [2.05, 4.69) is 172 Å². The number of hydrogen-bond acceptors (Lipinski definition) is 7. The molecule has 0 rings (SSSR count). The van der Waals surface area contributed by atoms with Crippen molar-refractivity contribution in [1.82, 2.24) is 0 Å². The number of ether oxygens (including phenoxy) is 4. The summed E-state index contributed by atoms with van der Waals surface area (Å²) in [7, 11) is 5.97. The monoisotopic (exact) mass is 1260 g/mol. The molecule has 0 fully saturated rings. The van der Waals surface area contributed by atoms with Crippen molar-refractivity contribution in [1.29, 1.82) is 0 Å². The summed E-state index contributed by atoms with van der Waals surface area (Å²) in [6, 6.07) is 0. The third kappa shape index (κ3) is 72.2. The van der Waals surface area contributed by atoms with Crippen molar-refractivity contribution in [2.45, 2.75) is 296 Å². The van der Waals surface area contributed by atoms with Gasteiger partial charge in [-0.15, -0.1) is 0 Å². The van der Waals surface area contributed by atoms with Gasteiger partial charge in [0.25, 0.3) is 6.29 Å². The number of esters is 2. The molecular formula is C82H136NO8+.